The van der Waals surface area contributed by atoms with Gasteiger partial charge in [-0.15, -0.1) is 0 Å². The molecule has 0 saturated heterocycles. The van der Waals surface area contributed by atoms with Gasteiger partial charge in [-0.2, -0.15) is 0 Å². The third kappa shape index (κ3) is 7.64. The molecular weight excluding hydrogens is 1050 g/mol. The maximum absolute atomic E-state index is 6.87. The summed E-state index contributed by atoms with van der Waals surface area (Å²) in [4.78, 5) is 7.68. The maximum atomic E-state index is 6.87. The zero-order valence-electron chi connectivity index (χ0n) is 40.7. The molecule has 1 saturated carbocycles. The Morgan fingerprint density at radius 3 is 1.93 bits per heavy atom. The fourth-order valence-corrected chi connectivity index (χ4v) is 13.3. The minimum atomic E-state index is -0.0294. The molecule has 7 heteroatoms. The first-order valence-corrected chi connectivity index (χ1v) is 26.9. The summed E-state index contributed by atoms with van der Waals surface area (Å²) in [5.74, 6) is 2.75. The monoisotopic (exact) mass is 1110 g/mol. The van der Waals surface area contributed by atoms with Crippen LogP contribution in [0.15, 0.2) is 152 Å². The molecule has 0 N–H and O–H groups in total. The molecule has 0 bridgehead atoms. The van der Waals surface area contributed by atoms with Gasteiger partial charge in [0.2, 0.25) is 0 Å². The molecule has 0 unspecified atom stereocenters. The second-order valence-corrected chi connectivity index (χ2v) is 21.9. The number of benzene rings is 7. The number of nitrogens with zero attached hydrogens (tertiary/aromatic N) is 5. The number of aromatic nitrogens is 4. The number of fused-ring (bicyclic) bond motifs is 4. The molecule has 13 rings (SSSR count). The quantitative estimate of drug-likeness (QED) is 0.142. The first-order chi connectivity index (χ1) is 34.8. The average Bonchev–Trinajstić information content (AvgIpc) is 3.89. The average molecular weight is 1110 g/mol. The summed E-state index contributed by atoms with van der Waals surface area (Å²) in [6, 6.07) is 60.7. The Labute approximate surface area is 427 Å². The second-order valence-electron chi connectivity index (χ2n) is 20.9. The van der Waals surface area contributed by atoms with Crippen molar-refractivity contribution in [1.29, 1.82) is 0 Å². The van der Waals surface area contributed by atoms with Crippen LogP contribution < -0.4 is 9.64 Å². The van der Waals surface area contributed by atoms with E-state index in [0.29, 0.717) is 17.4 Å². The molecule has 1 aliphatic carbocycles. The minimum absolute atomic E-state index is 0.0294. The summed E-state index contributed by atoms with van der Waals surface area (Å²) in [5.41, 5.74) is 18.7. The van der Waals surface area contributed by atoms with E-state index in [2.05, 4.69) is 210 Å². The van der Waals surface area contributed by atoms with Crippen LogP contribution in [0.4, 0.5) is 5.69 Å². The number of hydrogen-bond donors (Lipinski definition) is 0. The van der Waals surface area contributed by atoms with Crippen LogP contribution in [0.3, 0.4) is 0 Å². The number of pyridine rings is 1. The van der Waals surface area contributed by atoms with Crippen LogP contribution in [-0.4, -0.2) is 31.8 Å². The molecule has 0 atom stereocenters. The Kier molecular flexibility index (Phi) is 11.1. The molecule has 5 heterocycles. The SMILES string of the molecule is CC(C)(C)c1ccnc(-n2c3[c-]c(Oc4[c-]c(-n5[c](=[Pt])n(-c6c(-c7ccccc7)c7c8c(c6-c6ccccc6)CCCN8CCC7)c6ccccc65)ccc4)ccc3c3cc(C4CCCCC4)ccc32)c1. The molecule has 356 valence electrons. The molecule has 1 fully saturated rings. The Morgan fingerprint density at radius 2 is 1.24 bits per heavy atom. The van der Waals surface area contributed by atoms with Crippen LogP contribution in [0.2, 0.25) is 0 Å². The Morgan fingerprint density at radius 1 is 0.577 bits per heavy atom. The van der Waals surface area contributed by atoms with E-state index in [0.717, 1.165) is 81.5 Å². The van der Waals surface area contributed by atoms with Crippen molar-refractivity contribution in [2.24, 2.45) is 0 Å². The molecule has 0 amide bonds. The topological polar surface area (TPSA) is 40.1 Å². The van der Waals surface area contributed by atoms with Crippen LogP contribution in [0.5, 0.6) is 11.5 Å². The number of imidazole rings is 1. The van der Waals surface area contributed by atoms with Crippen LogP contribution in [0, 0.1) is 15.9 Å². The van der Waals surface area contributed by atoms with E-state index in [4.69, 9.17) is 9.72 Å². The van der Waals surface area contributed by atoms with Crippen molar-refractivity contribution in [1.82, 2.24) is 18.7 Å². The van der Waals surface area contributed by atoms with Crippen molar-refractivity contribution < 1.29 is 24.1 Å². The first-order valence-electron chi connectivity index (χ1n) is 25.7. The predicted octanol–water partition coefficient (Wildman–Crippen LogP) is 15.8. The molecule has 6 nitrogen and oxygen atoms in total. The van der Waals surface area contributed by atoms with E-state index in [1.54, 1.807) is 0 Å². The summed E-state index contributed by atoms with van der Waals surface area (Å²) < 4.78 is 15.1. The van der Waals surface area contributed by atoms with Gasteiger partial charge < -0.3 is 0 Å². The van der Waals surface area contributed by atoms with Crippen LogP contribution >= 0.6 is 0 Å². The van der Waals surface area contributed by atoms with Gasteiger partial charge in [0.1, 0.15) is 0 Å². The van der Waals surface area contributed by atoms with E-state index in [-0.39, 0.29) is 5.41 Å². The molecular formula is C64H57N5OPt-2. The predicted molar refractivity (Wildman–Crippen MR) is 286 cm³/mol. The van der Waals surface area contributed by atoms with Crippen LogP contribution in [-0.2, 0) is 37.6 Å². The molecule has 3 aromatic heterocycles. The molecule has 7 aromatic carbocycles. The van der Waals surface area contributed by atoms with Crippen molar-refractivity contribution in [2.45, 2.75) is 89.9 Å². The normalized spacial score (nSPS) is 15.2. The Hall–Kier alpha value is -6.75. The summed E-state index contributed by atoms with van der Waals surface area (Å²) in [6.45, 7) is 9.00. The van der Waals surface area contributed by atoms with Crippen molar-refractivity contribution in [3.63, 3.8) is 0 Å². The standard InChI is InChI=1S/C64H57N5O.Pt/c1-64(2,3)47-34-35-65-59(39-47)69-55-33-30-46(43-18-7-4-8-19-43)38-54(55)51-32-31-50(41-58(51)69)70-49-25-15-24-48(40-49)67-42-68(57-29-14-13-28-56(57)67)63-60(44-20-9-5-10-21-44)52-26-16-36-66-37-17-27-53(62(52)66)61(63)45-22-11-6-12-23-45;/h5-6,9-15,20-25,28-35,38-39,43H,4,7-8,16-19,26-27,36-37H2,1-3H3;/q-2;. The van der Waals surface area contributed by atoms with Gasteiger partial charge in [-0.25, -0.2) is 0 Å². The van der Waals surface area contributed by atoms with Crippen LogP contribution in [0.25, 0.3) is 72.3 Å². The van der Waals surface area contributed by atoms with Gasteiger partial charge in [0.15, 0.2) is 0 Å². The zero-order valence-corrected chi connectivity index (χ0v) is 43.0. The van der Waals surface area contributed by atoms with Gasteiger partial charge >= 0.3 is 336 Å². The van der Waals surface area contributed by atoms with Gasteiger partial charge in [0.25, 0.3) is 0 Å². The van der Waals surface area contributed by atoms with Crippen molar-refractivity contribution >= 4 is 38.5 Å². The zero-order chi connectivity index (χ0) is 47.8. The van der Waals surface area contributed by atoms with Gasteiger partial charge in [-0.3, -0.25) is 0 Å². The summed E-state index contributed by atoms with van der Waals surface area (Å²) in [5, 5.41) is 2.38. The van der Waals surface area contributed by atoms with E-state index < -0.39 is 0 Å². The molecule has 0 spiro atoms. The number of para-hydroxylation sites is 2. The number of ether oxygens (including phenoxy) is 1. The fourth-order valence-electron chi connectivity index (χ4n) is 12.2. The van der Waals surface area contributed by atoms with E-state index >= 15 is 0 Å². The number of anilines is 1. The van der Waals surface area contributed by atoms with Crippen LogP contribution in [0.1, 0.15) is 93.9 Å². The van der Waals surface area contributed by atoms with Crippen molar-refractivity contribution in [2.75, 3.05) is 18.0 Å². The summed E-state index contributed by atoms with van der Waals surface area (Å²) in [6.07, 6.45) is 12.8. The van der Waals surface area contributed by atoms with Crippen molar-refractivity contribution in [3.8, 4) is 50.9 Å². The Bertz CT molecular complexity index is 3660. The molecule has 71 heavy (non-hydrogen) atoms. The summed E-state index contributed by atoms with van der Waals surface area (Å²) >= 11 is 2.57. The van der Waals surface area contributed by atoms with E-state index in [1.807, 2.05) is 12.3 Å². The molecule has 0 radical (unpaired) electrons. The second kappa shape index (κ2) is 17.8. The van der Waals surface area contributed by atoms with Gasteiger partial charge in [-0.05, 0) is 41.4 Å². The van der Waals surface area contributed by atoms with Crippen molar-refractivity contribution in [3.05, 3.63) is 190 Å². The third-order valence-corrected chi connectivity index (χ3v) is 16.5. The van der Waals surface area contributed by atoms with E-state index in [9.17, 15) is 0 Å². The third-order valence-electron chi connectivity index (χ3n) is 15.5. The van der Waals surface area contributed by atoms with E-state index in [1.165, 1.54) is 93.4 Å². The first kappa shape index (κ1) is 44.2. The molecule has 3 aliphatic rings. The summed E-state index contributed by atoms with van der Waals surface area (Å²) in [7, 11) is 0. The number of hydrogen-bond acceptors (Lipinski definition) is 3. The van der Waals surface area contributed by atoms with Gasteiger partial charge in [0.05, 0.1) is 0 Å². The molecule has 10 aromatic rings. The molecule has 2 aliphatic heterocycles. The Balaban J connectivity index is 0.968. The van der Waals surface area contributed by atoms with Gasteiger partial charge in [0, 0.05) is 6.20 Å². The van der Waals surface area contributed by atoms with Gasteiger partial charge in [-0.1, -0.05) is 46.1 Å². The fraction of sp³-hybridized carbons (Fsp3) is 0.250. The number of rotatable bonds is 8.